The van der Waals surface area contributed by atoms with Gasteiger partial charge in [0.25, 0.3) is 0 Å². The molecule has 2 aromatic rings. The molecule has 0 amide bonds. The number of hydrogen-bond acceptors (Lipinski definition) is 4. The lowest BCUT2D eigenvalue weighted by Crippen LogP contribution is -2.03. The second-order valence-electron chi connectivity index (χ2n) is 4.21. The number of carbonyl (C=O) groups is 1. The summed E-state index contributed by atoms with van der Waals surface area (Å²) in [5.41, 5.74) is 1.43. The molecule has 0 atom stereocenters. The van der Waals surface area contributed by atoms with Gasteiger partial charge in [0.15, 0.2) is 11.5 Å². The minimum Gasteiger partial charge on any atom is -0.485 e. The van der Waals surface area contributed by atoms with E-state index < -0.39 is 5.97 Å². The number of benzene rings is 2. The smallest absolute Gasteiger partial charge is 0.337 e. The molecule has 0 heterocycles. The number of ether oxygens (including phenoxy) is 3. The molecule has 4 nitrogen and oxygen atoms in total. The van der Waals surface area contributed by atoms with Crippen LogP contribution in [0.2, 0.25) is 0 Å². The Morgan fingerprint density at radius 3 is 2.57 bits per heavy atom. The summed E-state index contributed by atoms with van der Waals surface area (Å²) in [5, 5.41) is 0. The fourth-order valence-electron chi connectivity index (χ4n) is 1.79. The summed E-state index contributed by atoms with van der Waals surface area (Å²) in [5.74, 6) is 0.522. The van der Waals surface area contributed by atoms with Crippen molar-refractivity contribution < 1.29 is 19.0 Å². The zero-order valence-corrected chi connectivity index (χ0v) is 11.7. The average Bonchev–Trinajstić information content (AvgIpc) is 2.54. The fourth-order valence-corrected chi connectivity index (χ4v) is 1.79. The molecule has 0 aromatic heterocycles. The summed E-state index contributed by atoms with van der Waals surface area (Å²) in [6, 6.07) is 14.6. The average molecular weight is 284 g/mol. The first-order valence-corrected chi connectivity index (χ1v) is 6.41. The molecular formula is C17H16O4. The standard InChI is InChI=1S/C17H16O4/c1-3-20-16-11-14(17(18)19-2)9-10-15(16)21-12-13-7-5-4-6-8-13/h3-11H,1,12H2,2H3. The highest BCUT2D eigenvalue weighted by atomic mass is 16.5. The Morgan fingerprint density at radius 1 is 1.14 bits per heavy atom. The highest BCUT2D eigenvalue weighted by Crippen LogP contribution is 2.29. The summed E-state index contributed by atoms with van der Waals surface area (Å²) in [7, 11) is 1.33. The number of methoxy groups -OCH3 is 1. The highest BCUT2D eigenvalue weighted by molar-refractivity contribution is 5.90. The Bertz CT molecular complexity index is 620. The van der Waals surface area contributed by atoms with Crippen molar-refractivity contribution >= 4 is 5.97 Å². The van der Waals surface area contributed by atoms with Crippen molar-refractivity contribution in [3.8, 4) is 11.5 Å². The molecule has 0 N–H and O–H groups in total. The molecule has 0 spiro atoms. The fraction of sp³-hybridized carbons (Fsp3) is 0.118. The summed E-state index contributed by atoms with van der Waals surface area (Å²) in [6.45, 7) is 3.92. The van der Waals surface area contributed by atoms with Crippen LogP contribution in [0.1, 0.15) is 15.9 Å². The van der Waals surface area contributed by atoms with E-state index in [4.69, 9.17) is 9.47 Å². The van der Waals surface area contributed by atoms with Gasteiger partial charge >= 0.3 is 5.97 Å². The molecule has 0 bridgehead atoms. The first kappa shape index (κ1) is 14.7. The van der Waals surface area contributed by atoms with Gasteiger partial charge in [-0.15, -0.1) is 0 Å². The van der Waals surface area contributed by atoms with E-state index in [-0.39, 0.29) is 0 Å². The van der Waals surface area contributed by atoms with E-state index in [2.05, 4.69) is 11.3 Å². The molecular weight excluding hydrogens is 268 g/mol. The van der Waals surface area contributed by atoms with Crippen LogP contribution in [0.4, 0.5) is 0 Å². The maximum absolute atomic E-state index is 11.5. The summed E-state index contributed by atoms with van der Waals surface area (Å²) in [4.78, 5) is 11.5. The molecule has 0 aliphatic rings. The molecule has 0 radical (unpaired) electrons. The van der Waals surface area contributed by atoms with E-state index in [1.54, 1.807) is 18.2 Å². The Labute approximate surface area is 123 Å². The van der Waals surface area contributed by atoms with Crippen molar-refractivity contribution in [2.75, 3.05) is 7.11 Å². The lowest BCUT2D eigenvalue weighted by molar-refractivity contribution is 0.0600. The Hall–Kier alpha value is -2.75. The van der Waals surface area contributed by atoms with Crippen LogP contribution < -0.4 is 9.47 Å². The molecule has 0 fully saturated rings. The van der Waals surface area contributed by atoms with Crippen molar-refractivity contribution in [3.05, 3.63) is 72.5 Å². The zero-order chi connectivity index (χ0) is 15.1. The molecule has 0 aliphatic carbocycles. The van der Waals surface area contributed by atoms with Gasteiger partial charge in [0, 0.05) is 0 Å². The Morgan fingerprint density at radius 2 is 1.90 bits per heavy atom. The molecule has 108 valence electrons. The van der Waals surface area contributed by atoms with Crippen molar-refractivity contribution in [2.24, 2.45) is 0 Å². The maximum atomic E-state index is 11.5. The number of esters is 1. The van der Waals surface area contributed by atoms with Crippen LogP contribution in [0.3, 0.4) is 0 Å². The van der Waals surface area contributed by atoms with Crippen LogP contribution in [-0.2, 0) is 11.3 Å². The normalized spacial score (nSPS) is 9.76. The maximum Gasteiger partial charge on any atom is 0.337 e. The lowest BCUT2D eigenvalue weighted by atomic mass is 10.2. The van der Waals surface area contributed by atoms with Crippen LogP contribution in [0.5, 0.6) is 11.5 Å². The van der Waals surface area contributed by atoms with E-state index in [1.807, 2.05) is 30.3 Å². The van der Waals surface area contributed by atoms with E-state index >= 15 is 0 Å². The molecule has 2 rings (SSSR count). The van der Waals surface area contributed by atoms with Gasteiger partial charge in [-0.05, 0) is 23.8 Å². The third kappa shape index (κ3) is 3.86. The van der Waals surface area contributed by atoms with Gasteiger partial charge in [-0.25, -0.2) is 4.79 Å². The molecule has 0 saturated heterocycles. The zero-order valence-electron chi connectivity index (χ0n) is 11.7. The Balaban J connectivity index is 2.18. The molecule has 21 heavy (non-hydrogen) atoms. The molecule has 4 heteroatoms. The first-order valence-electron chi connectivity index (χ1n) is 6.41. The van der Waals surface area contributed by atoms with Gasteiger partial charge in [0.05, 0.1) is 18.9 Å². The summed E-state index contributed by atoms with van der Waals surface area (Å²) >= 11 is 0. The van der Waals surface area contributed by atoms with E-state index in [9.17, 15) is 4.79 Å². The number of carbonyl (C=O) groups excluding carboxylic acids is 1. The molecule has 0 aliphatic heterocycles. The van der Waals surface area contributed by atoms with Crippen LogP contribution in [0.15, 0.2) is 61.4 Å². The topological polar surface area (TPSA) is 44.8 Å². The van der Waals surface area contributed by atoms with Crippen LogP contribution in [0, 0.1) is 0 Å². The van der Waals surface area contributed by atoms with Crippen molar-refractivity contribution in [3.63, 3.8) is 0 Å². The third-order valence-corrected chi connectivity index (χ3v) is 2.81. The van der Waals surface area contributed by atoms with E-state index in [0.717, 1.165) is 5.56 Å². The van der Waals surface area contributed by atoms with Gasteiger partial charge in [-0.3, -0.25) is 0 Å². The third-order valence-electron chi connectivity index (χ3n) is 2.81. The summed E-state index contributed by atoms with van der Waals surface area (Å²) in [6.07, 6.45) is 1.28. The quantitative estimate of drug-likeness (QED) is 0.601. The number of hydrogen-bond donors (Lipinski definition) is 0. The van der Waals surface area contributed by atoms with Gasteiger partial charge < -0.3 is 14.2 Å². The second-order valence-corrected chi connectivity index (χ2v) is 4.21. The van der Waals surface area contributed by atoms with Gasteiger partial charge in [0.2, 0.25) is 0 Å². The first-order chi connectivity index (χ1) is 10.2. The lowest BCUT2D eigenvalue weighted by Gasteiger charge is -2.11. The minimum atomic E-state index is -0.432. The highest BCUT2D eigenvalue weighted by Gasteiger charge is 2.11. The molecule has 0 unspecified atom stereocenters. The van der Waals surface area contributed by atoms with Crippen molar-refractivity contribution in [2.45, 2.75) is 6.61 Å². The van der Waals surface area contributed by atoms with Crippen LogP contribution >= 0.6 is 0 Å². The SMILES string of the molecule is C=COc1cc(C(=O)OC)ccc1OCc1ccccc1. The number of rotatable bonds is 6. The molecule has 0 saturated carbocycles. The van der Waals surface area contributed by atoms with Gasteiger partial charge in [-0.1, -0.05) is 36.9 Å². The molecule has 2 aromatic carbocycles. The second kappa shape index (κ2) is 7.14. The van der Waals surface area contributed by atoms with E-state index in [0.29, 0.717) is 23.7 Å². The van der Waals surface area contributed by atoms with Crippen LogP contribution in [-0.4, -0.2) is 13.1 Å². The Kier molecular flexibility index (Phi) is 4.99. The van der Waals surface area contributed by atoms with Gasteiger partial charge in [-0.2, -0.15) is 0 Å². The summed E-state index contributed by atoms with van der Waals surface area (Å²) < 4.78 is 15.7. The van der Waals surface area contributed by atoms with Gasteiger partial charge in [0.1, 0.15) is 6.61 Å². The monoisotopic (exact) mass is 284 g/mol. The predicted molar refractivity (Wildman–Crippen MR) is 79.4 cm³/mol. The minimum absolute atomic E-state index is 0.390. The van der Waals surface area contributed by atoms with Crippen LogP contribution in [0.25, 0.3) is 0 Å². The largest absolute Gasteiger partial charge is 0.485 e. The predicted octanol–water partition coefficient (Wildman–Crippen LogP) is 3.57. The van der Waals surface area contributed by atoms with Crippen molar-refractivity contribution in [1.29, 1.82) is 0 Å². The van der Waals surface area contributed by atoms with E-state index in [1.165, 1.54) is 13.4 Å². The van der Waals surface area contributed by atoms with Crippen molar-refractivity contribution in [1.82, 2.24) is 0 Å².